The summed E-state index contributed by atoms with van der Waals surface area (Å²) in [4.78, 5) is 0. The van der Waals surface area contributed by atoms with Gasteiger partial charge >= 0.3 is 0 Å². The van der Waals surface area contributed by atoms with E-state index >= 15 is 0 Å². The van der Waals surface area contributed by atoms with Gasteiger partial charge in [-0.25, -0.2) is 0 Å². The van der Waals surface area contributed by atoms with Crippen LogP contribution in [0.3, 0.4) is 0 Å². The standard InChI is InChI=1S/C19H25N/c1-18(2)17(19(18,3)4)16(20-5)15-11-10-13-8-6-7-9-14(13)12-15/h6-12,16-17,20H,1-5H3. The first-order chi connectivity index (χ1) is 9.39. The zero-order valence-electron chi connectivity index (χ0n) is 13.2. The van der Waals surface area contributed by atoms with Crippen LogP contribution in [0.5, 0.6) is 0 Å². The number of hydrogen-bond donors (Lipinski definition) is 1. The maximum Gasteiger partial charge on any atom is 0.0357 e. The van der Waals surface area contributed by atoms with Crippen molar-refractivity contribution in [1.82, 2.24) is 5.32 Å². The van der Waals surface area contributed by atoms with Crippen molar-refractivity contribution < 1.29 is 0 Å². The molecule has 1 heteroatoms. The van der Waals surface area contributed by atoms with Crippen molar-refractivity contribution in [3.8, 4) is 0 Å². The molecule has 1 fully saturated rings. The minimum atomic E-state index is 0.395. The van der Waals surface area contributed by atoms with Crippen molar-refractivity contribution in [2.75, 3.05) is 7.05 Å². The number of rotatable bonds is 3. The topological polar surface area (TPSA) is 12.0 Å². The van der Waals surface area contributed by atoms with Crippen LogP contribution in [-0.4, -0.2) is 7.05 Å². The summed E-state index contributed by atoms with van der Waals surface area (Å²) in [5, 5.41) is 6.21. The molecule has 0 radical (unpaired) electrons. The van der Waals surface area contributed by atoms with E-state index in [1.807, 2.05) is 0 Å². The summed E-state index contributed by atoms with van der Waals surface area (Å²) >= 11 is 0. The quantitative estimate of drug-likeness (QED) is 0.843. The van der Waals surface area contributed by atoms with E-state index in [0.717, 1.165) is 0 Å². The van der Waals surface area contributed by atoms with Crippen molar-refractivity contribution in [3.05, 3.63) is 48.0 Å². The molecule has 2 aromatic carbocycles. The zero-order chi connectivity index (χ0) is 14.5. The van der Waals surface area contributed by atoms with Crippen LogP contribution in [0.2, 0.25) is 0 Å². The lowest BCUT2D eigenvalue weighted by molar-refractivity contribution is 0.438. The first kappa shape index (κ1) is 13.6. The van der Waals surface area contributed by atoms with Gasteiger partial charge in [0.25, 0.3) is 0 Å². The molecule has 0 aliphatic heterocycles. The summed E-state index contributed by atoms with van der Waals surface area (Å²) in [6.45, 7) is 9.57. The maximum atomic E-state index is 3.56. The van der Waals surface area contributed by atoms with Gasteiger partial charge in [-0.05, 0) is 46.2 Å². The second-order valence-corrected chi connectivity index (χ2v) is 7.29. The maximum absolute atomic E-state index is 3.56. The normalized spacial score (nSPS) is 21.9. The summed E-state index contributed by atoms with van der Waals surface area (Å²) in [7, 11) is 2.09. The lowest BCUT2D eigenvalue weighted by Crippen LogP contribution is -2.21. The molecule has 0 saturated heterocycles. The molecule has 1 nitrogen and oxygen atoms in total. The van der Waals surface area contributed by atoms with Gasteiger partial charge in [0.15, 0.2) is 0 Å². The molecule has 1 saturated carbocycles. The average Bonchev–Trinajstić information content (AvgIpc) is 2.82. The average molecular weight is 267 g/mol. The Bertz CT molecular complexity index is 625. The molecule has 1 aliphatic carbocycles. The minimum absolute atomic E-state index is 0.395. The molecule has 0 aromatic heterocycles. The monoisotopic (exact) mass is 267 g/mol. The van der Waals surface area contributed by atoms with Crippen LogP contribution < -0.4 is 5.32 Å². The smallest absolute Gasteiger partial charge is 0.0357 e. The van der Waals surface area contributed by atoms with Gasteiger partial charge < -0.3 is 5.32 Å². The van der Waals surface area contributed by atoms with Gasteiger partial charge in [-0.2, -0.15) is 0 Å². The summed E-state index contributed by atoms with van der Waals surface area (Å²) < 4.78 is 0. The summed E-state index contributed by atoms with van der Waals surface area (Å²) in [6, 6.07) is 15.9. The molecule has 3 rings (SSSR count). The number of nitrogens with one attached hydrogen (secondary N) is 1. The third kappa shape index (κ3) is 1.80. The number of hydrogen-bond acceptors (Lipinski definition) is 1. The van der Waals surface area contributed by atoms with Crippen LogP contribution in [-0.2, 0) is 0 Å². The van der Waals surface area contributed by atoms with E-state index in [1.165, 1.54) is 16.3 Å². The van der Waals surface area contributed by atoms with Crippen molar-refractivity contribution in [3.63, 3.8) is 0 Å². The van der Waals surface area contributed by atoms with E-state index in [4.69, 9.17) is 0 Å². The Kier molecular flexibility index (Phi) is 2.95. The molecule has 0 amide bonds. The highest BCUT2D eigenvalue weighted by Gasteiger charge is 2.67. The van der Waals surface area contributed by atoms with Crippen LogP contribution in [0.25, 0.3) is 10.8 Å². The zero-order valence-corrected chi connectivity index (χ0v) is 13.2. The Morgan fingerprint density at radius 2 is 1.50 bits per heavy atom. The Balaban J connectivity index is 2.01. The third-order valence-electron chi connectivity index (χ3n) is 5.91. The van der Waals surface area contributed by atoms with Crippen LogP contribution >= 0.6 is 0 Å². The van der Waals surface area contributed by atoms with Crippen LogP contribution in [0, 0.1) is 16.7 Å². The summed E-state index contributed by atoms with van der Waals surface area (Å²) in [5.74, 6) is 0.682. The lowest BCUT2D eigenvalue weighted by atomic mass is 9.94. The van der Waals surface area contributed by atoms with Gasteiger partial charge in [0.05, 0.1) is 0 Å². The minimum Gasteiger partial charge on any atom is -0.313 e. The Morgan fingerprint density at radius 1 is 0.900 bits per heavy atom. The molecule has 106 valence electrons. The van der Waals surface area contributed by atoms with Crippen molar-refractivity contribution in [1.29, 1.82) is 0 Å². The van der Waals surface area contributed by atoms with E-state index in [9.17, 15) is 0 Å². The third-order valence-corrected chi connectivity index (χ3v) is 5.91. The summed E-state index contributed by atoms with van der Waals surface area (Å²) in [6.07, 6.45) is 0. The lowest BCUT2D eigenvalue weighted by Gasteiger charge is -2.20. The number of benzene rings is 2. The SMILES string of the molecule is CNC(c1ccc2ccccc2c1)C1C(C)(C)C1(C)C. The largest absolute Gasteiger partial charge is 0.313 e. The molecule has 1 atom stereocenters. The molecule has 2 aromatic rings. The van der Waals surface area contributed by atoms with Crippen LogP contribution in [0.15, 0.2) is 42.5 Å². The Morgan fingerprint density at radius 3 is 2.05 bits per heavy atom. The molecule has 0 spiro atoms. The van der Waals surface area contributed by atoms with Crippen molar-refractivity contribution in [2.45, 2.75) is 33.7 Å². The predicted octanol–water partition coefficient (Wildman–Crippen LogP) is 4.78. The molecular weight excluding hydrogens is 242 g/mol. The number of fused-ring (bicyclic) bond motifs is 1. The van der Waals surface area contributed by atoms with Gasteiger partial charge in [-0.1, -0.05) is 64.1 Å². The van der Waals surface area contributed by atoms with E-state index in [2.05, 4.69) is 82.5 Å². The van der Waals surface area contributed by atoms with E-state index in [1.54, 1.807) is 0 Å². The van der Waals surface area contributed by atoms with Gasteiger partial charge in [0.1, 0.15) is 0 Å². The second-order valence-electron chi connectivity index (χ2n) is 7.29. The molecule has 0 heterocycles. The van der Waals surface area contributed by atoms with Crippen LogP contribution in [0.4, 0.5) is 0 Å². The highest BCUT2D eigenvalue weighted by molar-refractivity contribution is 5.83. The fourth-order valence-corrected chi connectivity index (χ4v) is 4.01. The van der Waals surface area contributed by atoms with Gasteiger partial charge in [-0.15, -0.1) is 0 Å². The van der Waals surface area contributed by atoms with E-state index in [0.29, 0.717) is 22.8 Å². The van der Waals surface area contributed by atoms with Crippen molar-refractivity contribution in [2.24, 2.45) is 16.7 Å². The van der Waals surface area contributed by atoms with Gasteiger partial charge in [-0.3, -0.25) is 0 Å². The highest BCUT2D eigenvalue weighted by atomic mass is 14.9. The van der Waals surface area contributed by atoms with Crippen LogP contribution in [0.1, 0.15) is 39.3 Å². The fourth-order valence-electron chi connectivity index (χ4n) is 4.01. The molecular formula is C19H25N. The van der Waals surface area contributed by atoms with Gasteiger partial charge in [0, 0.05) is 6.04 Å². The highest BCUT2D eigenvalue weighted by Crippen LogP contribution is 2.72. The summed E-state index contributed by atoms with van der Waals surface area (Å²) in [5.41, 5.74) is 2.20. The molecule has 1 aliphatic rings. The van der Waals surface area contributed by atoms with Crippen molar-refractivity contribution >= 4 is 10.8 Å². The van der Waals surface area contributed by atoms with E-state index < -0.39 is 0 Å². The van der Waals surface area contributed by atoms with Gasteiger partial charge in [0.2, 0.25) is 0 Å². The Hall–Kier alpha value is -1.34. The molecule has 1 N–H and O–H groups in total. The molecule has 20 heavy (non-hydrogen) atoms. The molecule has 0 bridgehead atoms. The first-order valence-electron chi connectivity index (χ1n) is 7.55. The molecule has 1 unspecified atom stereocenters. The fraction of sp³-hybridized carbons (Fsp3) is 0.474. The second kappa shape index (κ2) is 4.33. The first-order valence-corrected chi connectivity index (χ1v) is 7.55. The Labute approximate surface area is 122 Å². The van der Waals surface area contributed by atoms with E-state index in [-0.39, 0.29) is 0 Å². The predicted molar refractivity (Wildman–Crippen MR) is 86.8 cm³/mol.